The average Bonchev–Trinajstić information content (AvgIpc) is 2.84. The Morgan fingerprint density at radius 2 is 2.20 bits per heavy atom. The number of nitrogens with zero attached hydrogens (tertiary/aromatic N) is 1. The lowest BCUT2D eigenvalue weighted by atomic mass is 10.1. The number of amides is 1. The molecule has 2 atom stereocenters. The van der Waals surface area contributed by atoms with Crippen molar-refractivity contribution in [3.8, 4) is 0 Å². The number of carboxylic acids is 1. The minimum Gasteiger partial charge on any atom is -0.480 e. The lowest BCUT2D eigenvalue weighted by Gasteiger charge is -2.27. The molecule has 0 spiro atoms. The molecule has 2 rings (SSSR count). The predicted octanol–water partition coefficient (Wildman–Crippen LogP) is 3.14. The van der Waals surface area contributed by atoms with Crippen molar-refractivity contribution in [2.45, 2.75) is 31.7 Å². The lowest BCUT2D eigenvalue weighted by Crippen LogP contribution is -2.45. The molecule has 0 radical (unpaired) electrons. The number of hydrogen-bond acceptors (Lipinski definition) is 3. The summed E-state index contributed by atoms with van der Waals surface area (Å²) in [6.45, 7) is 3.88. The van der Waals surface area contributed by atoms with Gasteiger partial charge in [-0.25, -0.2) is 4.79 Å². The van der Waals surface area contributed by atoms with Crippen LogP contribution in [0.4, 0.5) is 0 Å². The van der Waals surface area contributed by atoms with Crippen molar-refractivity contribution >= 4 is 39.6 Å². The number of aryl methyl sites for hydroxylation is 1. The summed E-state index contributed by atoms with van der Waals surface area (Å²) in [6, 6.07) is 4.78. The summed E-state index contributed by atoms with van der Waals surface area (Å²) in [6.07, 6.45) is 0.740. The zero-order valence-corrected chi connectivity index (χ0v) is 13.7. The van der Waals surface area contributed by atoms with Crippen LogP contribution in [0.15, 0.2) is 22.7 Å². The Kier molecular flexibility index (Phi) is 4.75. The zero-order chi connectivity index (χ0) is 14.9. The summed E-state index contributed by atoms with van der Waals surface area (Å²) in [5.41, 5.74) is 1.50. The van der Waals surface area contributed by atoms with E-state index in [1.807, 2.05) is 26.0 Å². The van der Waals surface area contributed by atoms with Crippen LogP contribution in [0, 0.1) is 6.92 Å². The number of carbonyl (C=O) groups excluding carboxylic acids is 1. The molecule has 1 N–H and O–H groups in total. The molecule has 1 heterocycles. The summed E-state index contributed by atoms with van der Waals surface area (Å²) in [5, 5.41) is 9.22. The minimum atomic E-state index is -0.939. The summed E-state index contributed by atoms with van der Waals surface area (Å²) in [7, 11) is 0. The molecular formula is C14H16BrNO3S. The standard InChI is InChI=1S/C14H16BrNO3S/c1-3-12-16(11(7-20-12)14(18)19)13(17)9-6-8(2)4-5-10(9)15/h4-6,11-12H,3,7H2,1-2H3,(H,18,19). The van der Waals surface area contributed by atoms with Crippen LogP contribution in [-0.4, -0.2) is 39.1 Å². The Balaban J connectivity index is 2.38. The SMILES string of the molecule is CCC1SCC(C(=O)O)N1C(=O)c1cc(C)ccc1Br. The second-order valence-electron chi connectivity index (χ2n) is 4.75. The highest BCUT2D eigenvalue weighted by atomic mass is 79.9. The monoisotopic (exact) mass is 357 g/mol. The van der Waals surface area contributed by atoms with Gasteiger partial charge in [-0.15, -0.1) is 11.8 Å². The number of halogens is 1. The first-order valence-corrected chi connectivity index (χ1v) is 8.23. The van der Waals surface area contributed by atoms with E-state index in [9.17, 15) is 14.7 Å². The molecule has 0 saturated carbocycles. The third-order valence-electron chi connectivity index (χ3n) is 3.31. The fourth-order valence-corrected chi connectivity index (χ4v) is 4.05. The molecule has 1 saturated heterocycles. The van der Waals surface area contributed by atoms with Crippen molar-refractivity contribution < 1.29 is 14.7 Å². The molecule has 1 aliphatic heterocycles. The fourth-order valence-electron chi connectivity index (χ4n) is 2.28. The number of carbonyl (C=O) groups is 2. The van der Waals surface area contributed by atoms with E-state index in [0.29, 0.717) is 15.8 Å². The minimum absolute atomic E-state index is 0.0731. The van der Waals surface area contributed by atoms with Gasteiger partial charge >= 0.3 is 5.97 Å². The van der Waals surface area contributed by atoms with Crippen LogP contribution < -0.4 is 0 Å². The van der Waals surface area contributed by atoms with Gasteiger partial charge in [-0.1, -0.05) is 18.6 Å². The fraction of sp³-hybridized carbons (Fsp3) is 0.429. The molecule has 1 amide bonds. The molecule has 4 nitrogen and oxygen atoms in total. The summed E-state index contributed by atoms with van der Waals surface area (Å²) in [4.78, 5) is 25.6. The molecule has 6 heteroatoms. The first-order chi connectivity index (χ1) is 9.45. The third-order valence-corrected chi connectivity index (χ3v) is 5.46. The van der Waals surface area contributed by atoms with Crippen LogP contribution in [0.3, 0.4) is 0 Å². The van der Waals surface area contributed by atoms with E-state index in [4.69, 9.17) is 0 Å². The van der Waals surface area contributed by atoms with Crippen LogP contribution in [-0.2, 0) is 4.79 Å². The first kappa shape index (κ1) is 15.4. The highest BCUT2D eigenvalue weighted by Crippen LogP contribution is 2.34. The maximum atomic E-state index is 12.7. The molecule has 1 aliphatic rings. The quantitative estimate of drug-likeness (QED) is 0.902. The van der Waals surface area contributed by atoms with Gasteiger partial charge in [-0.2, -0.15) is 0 Å². The Labute approximate surface area is 130 Å². The first-order valence-electron chi connectivity index (χ1n) is 6.39. The van der Waals surface area contributed by atoms with E-state index in [2.05, 4.69) is 15.9 Å². The van der Waals surface area contributed by atoms with Gasteiger partial charge in [0.05, 0.1) is 10.9 Å². The molecule has 108 valence electrons. The van der Waals surface area contributed by atoms with Crippen LogP contribution in [0.25, 0.3) is 0 Å². The summed E-state index contributed by atoms with van der Waals surface area (Å²) < 4.78 is 0.698. The summed E-state index contributed by atoms with van der Waals surface area (Å²) >= 11 is 4.90. The normalized spacial score (nSPS) is 22.1. The molecule has 2 unspecified atom stereocenters. The smallest absolute Gasteiger partial charge is 0.327 e. The van der Waals surface area contributed by atoms with E-state index in [0.717, 1.165) is 12.0 Å². The van der Waals surface area contributed by atoms with Crippen molar-refractivity contribution in [3.63, 3.8) is 0 Å². The van der Waals surface area contributed by atoms with E-state index in [1.165, 1.54) is 16.7 Å². The Morgan fingerprint density at radius 3 is 2.80 bits per heavy atom. The second-order valence-corrected chi connectivity index (χ2v) is 6.81. The van der Waals surface area contributed by atoms with Gasteiger partial charge in [0.25, 0.3) is 5.91 Å². The van der Waals surface area contributed by atoms with Crippen molar-refractivity contribution in [1.29, 1.82) is 0 Å². The molecule has 0 aliphatic carbocycles. The molecule has 1 fully saturated rings. The molecule has 0 aromatic heterocycles. The molecule has 20 heavy (non-hydrogen) atoms. The Bertz CT molecular complexity index is 549. The molecule has 1 aromatic carbocycles. The van der Waals surface area contributed by atoms with E-state index < -0.39 is 12.0 Å². The average molecular weight is 358 g/mol. The zero-order valence-electron chi connectivity index (χ0n) is 11.3. The summed E-state index contributed by atoms with van der Waals surface area (Å²) in [5.74, 6) is -0.710. The van der Waals surface area contributed by atoms with E-state index in [1.54, 1.807) is 6.07 Å². The van der Waals surface area contributed by atoms with Gasteiger partial charge in [0.2, 0.25) is 0 Å². The van der Waals surface area contributed by atoms with Gasteiger partial charge in [0.15, 0.2) is 0 Å². The molecule has 0 bridgehead atoms. The molecular weight excluding hydrogens is 342 g/mol. The lowest BCUT2D eigenvalue weighted by molar-refractivity contribution is -0.141. The van der Waals surface area contributed by atoms with E-state index >= 15 is 0 Å². The Morgan fingerprint density at radius 1 is 1.50 bits per heavy atom. The van der Waals surface area contributed by atoms with Crippen LogP contribution >= 0.6 is 27.7 Å². The number of aliphatic carboxylic acids is 1. The third kappa shape index (κ3) is 2.86. The van der Waals surface area contributed by atoms with Gasteiger partial charge < -0.3 is 10.0 Å². The van der Waals surface area contributed by atoms with Gasteiger partial charge in [0.1, 0.15) is 6.04 Å². The number of benzene rings is 1. The number of hydrogen-bond donors (Lipinski definition) is 1. The Hall–Kier alpha value is -1.01. The second kappa shape index (κ2) is 6.18. The van der Waals surface area contributed by atoms with E-state index in [-0.39, 0.29) is 11.3 Å². The topological polar surface area (TPSA) is 57.6 Å². The molecule has 1 aromatic rings. The van der Waals surface area contributed by atoms with Crippen molar-refractivity contribution in [3.05, 3.63) is 33.8 Å². The largest absolute Gasteiger partial charge is 0.480 e. The van der Waals surface area contributed by atoms with Crippen molar-refractivity contribution in [1.82, 2.24) is 4.90 Å². The number of carboxylic acid groups (broad SMARTS) is 1. The van der Waals surface area contributed by atoms with Gasteiger partial charge in [-0.05, 0) is 41.4 Å². The van der Waals surface area contributed by atoms with Crippen molar-refractivity contribution in [2.75, 3.05) is 5.75 Å². The predicted molar refractivity (Wildman–Crippen MR) is 83.0 cm³/mol. The highest BCUT2D eigenvalue weighted by Gasteiger charge is 2.41. The van der Waals surface area contributed by atoms with Crippen LogP contribution in [0.5, 0.6) is 0 Å². The van der Waals surface area contributed by atoms with Crippen LogP contribution in [0.1, 0.15) is 29.3 Å². The van der Waals surface area contributed by atoms with Crippen molar-refractivity contribution in [2.24, 2.45) is 0 Å². The highest BCUT2D eigenvalue weighted by molar-refractivity contribution is 9.10. The number of thioether (sulfide) groups is 1. The number of rotatable bonds is 3. The van der Waals surface area contributed by atoms with Gasteiger partial charge in [-0.3, -0.25) is 4.79 Å². The maximum Gasteiger partial charge on any atom is 0.327 e. The maximum absolute atomic E-state index is 12.7. The van der Waals surface area contributed by atoms with Gasteiger partial charge in [0, 0.05) is 10.2 Å². The van der Waals surface area contributed by atoms with Crippen LogP contribution in [0.2, 0.25) is 0 Å².